The van der Waals surface area contributed by atoms with E-state index in [1.165, 1.54) is 19.1 Å². The lowest BCUT2D eigenvalue weighted by molar-refractivity contribution is 0.0497. The van der Waals surface area contributed by atoms with E-state index in [-0.39, 0.29) is 26.9 Å². The Morgan fingerprint density at radius 2 is 1.77 bits per heavy atom. The summed E-state index contributed by atoms with van der Waals surface area (Å²) >= 11 is 12.4. The van der Waals surface area contributed by atoms with Crippen LogP contribution in [-0.4, -0.2) is 51.9 Å². The second-order valence-corrected chi connectivity index (χ2v) is 9.56. The third kappa shape index (κ3) is 5.27. The van der Waals surface area contributed by atoms with Gasteiger partial charge in [0.05, 0.1) is 46.5 Å². The fraction of sp³-hybridized carbons (Fsp3) is 0.316. The second-order valence-electron chi connectivity index (χ2n) is 6.91. The molecule has 1 amide bonds. The molecule has 0 saturated carbocycles. The fourth-order valence-corrected chi connectivity index (χ4v) is 4.43. The number of carbonyl (C=O) groups is 1. The van der Waals surface area contributed by atoms with E-state index < -0.39 is 27.6 Å². The number of carbonyl (C=O) groups excluding carboxylic acids is 1. The number of hydrogen-bond donors (Lipinski definition) is 1. The number of morpholine rings is 1. The first-order valence-electron chi connectivity index (χ1n) is 9.07. The Hall–Kier alpha value is -1.98. The number of anilines is 2. The van der Waals surface area contributed by atoms with Crippen LogP contribution in [0.25, 0.3) is 0 Å². The van der Waals surface area contributed by atoms with Crippen LogP contribution in [0.3, 0.4) is 0 Å². The molecule has 2 aromatic rings. The van der Waals surface area contributed by atoms with E-state index in [0.29, 0.717) is 42.4 Å². The van der Waals surface area contributed by atoms with Gasteiger partial charge in [-0.3, -0.25) is 4.79 Å². The predicted molar refractivity (Wildman–Crippen MR) is 115 cm³/mol. The van der Waals surface area contributed by atoms with Crippen LogP contribution in [0.15, 0.2) is 24.3 Å². The van der Waals surface area contributed by atoms with Crippen molar-refractivity contribution in [2.75, 3.05) is 42.3 Å². The summed E-state index contributed by atoms with van der Waals surface area (Å²) in [5.41, 5.74) is 2.68. The molecule has 1 saturated heterocycles. The molecular formula is C19H19Cl2F2N3O4S. The molecule has 0 aliphatic carbocycles. The van der Waals surface area contributed by atoms with Crippen molar-refractivity contribution >= 4 is 50.5 Å². The van der Waals surface area contributed by atoms with Gasteiger partial charge >= 0.3 is 0 Å². The van der Waals surface area contributed by atoms with E-state index in [9.17, 15) is 22.0 Å². The summed E-state index contributed by atoms with van der Waals surface area (Å²) in [5.74, 6) is -3.46. The van der Waals surface area contributed by atoms with Crippen LogP contribution < -0.4 is 9.73 Å². The lowest BCUT2D eigenvalue weighted by Crippen LogP contribution is -2.40. The van der Waals surface area contributed by atoms with E-state index in [4.69, 9.17) is 27.9 Å². The van der Waals surface area contributed by atoms with Crippen molar-refractivity contribution < 1.29 is 26.7 Å². The Balaban J connectivity index is 2.04. The number of sulfonamides is 1. The van der Waals surface area contributed by atoms with E-state index in [1.807, 2.05) is 5.01 Å². The number of ether oxygens (including phenoxy) is 1. The highest BCUT2D eigenvalue weighted by Gasteiger charge is 2.30. The van der Waals surface area contributed by atoms with Crippen molar-refractivity contribution in [2.24, 2.45) is 0 Å². The zero-order chi connectivity index (χ0) is 22.9. The molecule has 31 heavy (non-hydrogen) atoms. The number of rotatable bonds is 5. The summed E-state index contributed by atoms with van der Waals surface area (Å²) in [6, 6.07) is 4.32. The Kier molecular flexibility index (Phi) is 7.07. The van der Waals surface area contributed by atoms with E-state index in [0.717, 1.165) is 12.3 Å². The zero-order valence-electron chi connectivity index (χ0n) is 16.6. The van der Waals surface area contributed by atoms with Gasteiger partial charge in [0.15, 0.2) is 11.6 Å². The molecule has 0 atom stereocenters. The normalized spacial score (nSPS) is 15.0. The van der Waals surface area contributed by atoms with Gasteiger partial charge in [-0.25, -0.2) is 26.5 Å². The SMILES string of the molecule is Cc1cc(N(C(=O)c2cc(NN3CCOCC3)c(Cl)cc2Cl)S(C)(=O)=O)cc(F)c1F. The van der Waals surface area contributed by atoms with Gasteiger partial charge in [0, 0.05) is 19.2 Å². The maximum absolute atomic E-state index is 13.9. The minimum absolute atomic E-state index is 0.101. The number of aryl methyl sites for hydroxylation is 1. The Morgan fingerprint density at radius 1 is 1.13 bits per heavy atom. The van der Waals surface area contributed by atoms with Crippen molar-refractivity contribution in [1.29, 1.82) is 0 Å². The van der Waals surface area contributed by atoms with E-state index >= 15 is 0 Å². The number of hydrazine groups is 1. The molecule has 0 radical (unpaired) electrons. The minimum atomic E-state index is -4.22. The van der Waals surface area contributed by atoms with Crippen molar-refractivity contribution in [1.82, 2.24) is 5.01 Å². The quantitative estimate of drug-likeness (QED) is 0.681. The Morgan fingerprint density at radius 3 is 2.35 bits per heavy atom. The number of nitrogens with one attached hydrogen (secondary N) is 1. The largest absolute Gasteiger partial charge is 0.379 e. The van der Waals surface area contributed by atoms with Gasteiger partial charge in [-0.2, -0.15) is 0 Å². The molecule has 1 fully saturated rings. The first-order chi connectivity index (χ1) is 14.5. The number of amides is 1. The molecule has 7 nitrogen and oxygen atoms in total. The average molecular weight is 494 g/mol. The molecule has 1 heterocycles. The van der Waals surface area contributed by atoms with Crippen molar-refractivity contribution in [2.45, 2.75) is 6.92 Å². The molecule has 12 heteroatoms. The molecule has 1 aliphatic heterocycles. The van der Waals surface area contributed by atoms with Gasteiger partial charge in [-0.15, -0.1) is 0 Å². The maximum atomic E-state index is 13.9. The third-order valence-corrected chi connectivity index (χ3v) is 6.19. The highest BCUT2D eigenvalue weighted by Crippen LogP contribution is 2.33. The van der Waals surface area contributed by atoms with Gasteiger partial charge in [0.25, 0.3) is 5.91 Å². The van der Waals surface area contributed by atoms with Gasteiger partial charge in [0.2, 0.25) is 10.0 Å². The lowest BCUT2D eigenvalue weighted by atomic mass is 10.1. The molecule has 168 valence electrons. The first-order valence-corrected chi connectivity index (χ1v) is 11.7. The summed E-state index contributed by atoms with van der Waals surface area (Å²) in [4.78, 5) is 13.2. The summed E-state index contributed by atoms with van der Waals surface area (Å²) < 4.78 is 58.1. The van der Waals surface area contributed by atoms with Crippen molar-refractivity contribution in [3.8, 4) is 0 Å². The molecular weight excluding hydrogens is 475 g/mol. The topological polar surface area (TPSA) is 79.0 Å². The predicted octanol–water partition coefficient (Wildman–Crippen LogP) is 3.85. The highest BCUT2D eigenvalue weighted by atomic mass is 35.5. The molecule has 0 unspecified atom stereocenters. The first kappa shape index (κ1) is 23.7. The van der Waals surface area contributed by atoms with Crippen LogP contribution in [0.1, 0.15) is 15.9 Å². The number of hydrogen-bond acceptors (Lipinski definition) is 6. The molecule has 2 aromatic carbocycles. The summed E-state index contributed by atoms with van der Waals surface area (Å²) in [6.07, 6.45) is 0.776. The summed E-state index contributed by atoms with van der Waals surface area (Å²) in [5, 5.41) is 1.93. The van der Waals surface area contributed by atoms with Crippen LogP contribution in [0, 0.1) is 18.6 Å². The third-order valence-electron chi connectivity index (χ3n) is 4.52. The Bertz CT molecular complexity index is 1100. The maximum Gasteiger partial charge on any atom is 0.273 e. The summed E-state index contributed by atoms with van der Waals surface area (Å²) in [6.45, 7) is 3.38. The van der Waals surface area contributed by atoms with Gasteiger partial charge in [-0.1, -0.05) is 23.2 Å². The van der Waals surface area contributed by atoms with Gasteiger partial charge in [0.1, 0.15) is 0 Å². The number of benzene rings is 2. The van der Waals surface area contributed by atoms with Crippen LogP contribution >= 0.6 is 23.2 Å². The minimum Gasteiger partial charge on any atom is -0.379 e. The number of nitrogens with zero attached hydrogens (tertiary/aromatic N) is 2. The van der Waals surface area contributed by atoms with Crippen molar-refractivity contribution in [3.05, 3.63) is 57.1 Å². The average Bonchev–Trinajstić information content (AvgIpc) is 2.68. The van der Waals surface area contributed by atoms with Crippen LogP contribution in [0.2, 0.25) is 10.0 Å². The van der Waals surface area contributed by atoms with Gasteiger partial charge < -0.3 is 10.2 Å². The van der Waals surface area contributed by atoms with Crippen LogP contribution in [-0.2, 0) is 14.8 Å². The Labute approximate surface area is 188 Å². The fourth-order valence-electron chi connectivity index (χ4n) is 3.04. The van der Waals surface area contributed by atoms with Crippen molar-refractivity contribution in [3.63, 3.8) is 0 Å². The molecule has 0 bridgehead atoms. The zero-order valence-corrected chi connectivity index (χ0v) is 18.9. The summed E-state index contributed by atoms with van der Waals surface area (Å²) in [7, 11) is -4.22. The molecule has 1 N–H and O–H groups in total. The van der Waals surface area contributed by atoms with E-state index in [2.05, 4.69) is 5.43 Å². The molecule has 0 aromatic heterocycles. The van der Waals surface area contributed by atoms with E-state index in [1.54, 1.807) is 0 Å². The molecule has 0 spiro atoms. The van der Waals surface area contributed by atoms with Crippen LogP contribution in [0.4, 0.5) is 20.2 Å². The monoisotopic (exact) mass is 493 g/mol. The van der Waals surface area contributed by atoms with Gasteiger partial charge in [-0.05, 0) is 30.7 Å². The highest BCUT2D eigenvalue weighted by molar-refractivity contribution is 7.92. The number of halogens is 4. The van der Waals surface area contributed by atoms with Crippen LogP contribution in [0.5, 0.6) is 0 Å². The second kappa shape index (κ2) is 9.25. The molecule has 3 rings (SSSR count). The standard InChI is InChI=1S/C19H19Cl2F2N3O4S/c1-11-7-12(8-16(22)18(11)23)26(31(2,28)29)19(27)13-9-17(15(21)10-14(13)20)24-25-3-5-30-6-4-25/h7-10,24H,3-6H2,1-2H3. The smallest absolute Gasteiger partial charge is 0.273 e. The molecule has 1 aliphatic rings. The lowest BCUT2D eigenvalue weighted by Gasteiger charge is -2.29.